The third kappa shape index (κ3) is 2.62. The fourth-order valence-corrected chi connectivity index (χ4v) is 2.80. The second-order valence-corrected chi connectivity index (χ2v) is 5.24. The van der Waals surface area contributed by atoms with Gasteiger partial charge in [0.2, 0.25) is 0 Å². The lowest BCUT2D eigenvalue weighted by Gasteiger charge is -2.12. The van der Waals surface area contributed by atoms with Gasteiger partial charge >= 0.3 is 0 Å². The lowest BCUT2D eigenvalue weighted by atomic mass is 10.0. The average molecular weight is 271 g/mol. The first kappa shape index (κ1) is 12.2. The maximum Gasteiger partial charge on any atom is 0.138 e. The van der Waals surface area contributed by atoms with Gasteiger partial charge in [-0.2, -0.15) is 10.3 Å². The molecule has 0 aliphatic rings. The predicted octanol–water partition coefficient (Wildman–Crippen LogP) is 2.78. The summed E-state index contributed by atoms with van der Waals surface area (Å²) in [5.74, 6) is 0.556. The molecule has 4 nitrogen and oxygen atoms in total. The number of benzene rings is 2. The van der Waals surface area contributed by atoms with Crippen molar-refractivity contribution in [2.45, 2.75) is 11.1 Å². The molecule has 0 aliphatic carbocycles. The van der Waals surface area contributed by atoms with Gasteiger partial charge in [-0.15, -0.1) is 5.10 Å². The van der Waals surface area contributed by atoms with Gasteiger partial charge in [0, 0.05) is 5.75 Å². The normalized spacial score (nSPS) is 12.7. The van der Waals surface area contributed by atoms with Crippen LogP contribution in [0.25, 0.3) is 10.8 Å². The first-order chi connectivity index (χ1) is 9.34. The molecule has 0 bridgehead atoms. The number of aromatic nitrogens is 3. The minimum Gasteiger partial charge on any atom is -0.388 e. The number of rotatable bonds is 4. The summed E-state index contributed by atoms with van der Waals surface area (Å²) >= 11 is 1.48. The zero-order chi connectivity index (χ0) is 13.1. The fraction of sp³-hybridized carbons (Fsp3) is 0.143. The van der Waals surface area contributed by atoms with Gasteiger partial charge in [-0.3, -0.25) is 0 Å². The number of thioether (sulfide) groups is 1. The molecule has 0 saturated carbocycles. The predicted molar refractivity (Wildman–Crippen MR) is 76.0 cm³/mol. The van der Waals surface area contributed by atoms with E-state index in [1.165, 1.54) is 11.8 Å². The Hall–Kier alpha value is -1.85. The summed E-state index contributed by atoms with van der Waals surface area (Å²) in [7, 11) is 0. The molecule has 5 heteroatoms. The van der Waals surface area contributed by atoms with Crippen molar-refractivity contribution in [1.82, 2.24) is 15.4 Å². The van der Waals surface area contributed by atoms with Crippen LogP contribution in [0.4, 0.5) is 0 Å². The van der Waals surface area contributed by atoms with Crippen molar-refractivity contribution in [3.8, 4) is 0 Å². The van der Waals surface area contributed by atoms with Crippen LogP contribution in [-0.4, -0.2) is 26.3 Å². The van der Waals surface area contributed by atoms with Gasteiger partial charge in [0.25, 0.3) is 0 Å². The van der Waals surface area contributed by atoms with Gasteiger partial charge in [-0.1, -0.05) is 54.2 Å². The van der Waals surface area contributed by atoms with Gasteiger partial charge in [0.1, 0.15) is 5.03 Å². The maximum absolute atomic E-state index is 10.3. The fourth-order valence-electron chi connectivity index (χ4n) is 2.06. The van der Waals surface area contributed by atoms with Crippen molar-refractivity contribution < 1.29 is 5.11 Å². The number of nitrogens with zero attached hydrogens (tertiary/aromatic N) is 2. The summed E-state index contributed by atoms with van der Waals surface area (Å²) in [6.45, 7) is 0. The number of H-pyrrole nitrogens is 1. The molecule has 3 aromatic rings. The van der Waals surface area contributed by atoms with Crippen LogP contribution < -0.4 is 0 Å². The number of aliphatic hydroxyl groups excluding tert-OH is 1. The number of fused-ring (bicyclic) bond motifs is 1. The van der Waals surface area contributed by atoms with E-state index in [9.17, 15) is 5.11 Å². The quantitative estimate of drug-likeness (QED) is 0.716. The van der Waals surface area contributed by atoms with Crippen LogP contribution in [0, 0.1) is 0 Å². The standard InChI is InChI=1S/C14H13N3OS/c18-13(9-19-14-8-15-17-16-14)12-7-3-5-10-4-1-2-6-11(10)12/h1-8,13,18H,9H2,(H,15,16,17)/t13-/m0/s1. The Morgan fingerprint density at radius 1 is 1.16 bits per heavy atom. The third-order valence-corrected chi connectivity index (χ3v) is 3.94. The zero-order valence-electron chi connectivity index (χ0n) is 10.2. The molecule has 0 aliphatic heterocycles. The number of nitrogens with one attached hydrogen (secondary N) is 1. The van der Waals surface area contributed by atoms with Crippen LogP contribution in [0.5, 0.6) is 0 Å². The molecule has 0 unspecified atom stereocenters. The summed E-state index contributed by atoms with van der Waals surface area (Å²) in [5, 5.41) is 23.6. The summed E-state index contributed by atoms with van der Waals surface area (Å²) in [6, 6.07) is 14.1. The van der Waals surface area contributed by atoms with E-state index in [2.05, 4.69) is 27.5 Å². The van der Waals surface area contributed by atoms with Crippen LogP contribution in [0.3, 0.4) is 0 Å². The maximum atomic E-state index is 10.3. The van der Waals surface area contributed by atoms with E-state index in [1.54, 1.807) is 6.20 Å². The van der Waals surface area contributed by atoms with Crippen molar-refractivity contribution in [3.63, 3.8) is 0 Å². The Bertz CT molecular complexity index is 664. The van der Waals surface area contributed by atoms with Gasteiger partial charge in [0.05, 0.1) is 12.3 Å². The topological polar surface area (TPSA) is 61.8 Å². The Balaban J connectivity index is 1.83. The molecule has 3 rings (SSSR count). The smallest absolute Gasteiger partial charge is 0.138 e. The van der Waals surface area contributed by atoms with Crippen molar-refractivity contribution in [3.05, 3.63) is 54.2 Å². The highest BCUT2D eigenvalue weighted by atomic mass is 32.2. The SMILES string of the molecule is O[C@@H](CSc1cn[nH]n1)c1cccc2ccccc12. The molecule has 96 valence electrons. The minimum atomic E-state index is -0.521. The van der Waals surface area contributed by atoms with Crippen LogP contribution in [0.2, 0.25) is 0 Å². The Morgan fingerprint density at radius 2 is 2.00 bits per heavy atom. The third-order valence-electron chi connectivity index (χ3n) is 2.96. The molecule has 1 aromatic heterocycles. The lowest BCUT2D eigenvalue weighted by molar-refractivity contribution is 0.205. The van der Waals surface area contributed by atoms with E-state index in [4.69, 9.17) is 0 Å². The van der Waals surface area contributed by atoms with Crippen LogP contribution >= 0.6 is 11.8 Å². The molecule has 0 fully saturated rings. The molecule has 0 spiro atoms. The zero-order valence-corrected chi connectivity index (χ0v) is 11.0. The largest absolute Gasteiger partial charge is 0.388 e. The Morgan fingerprint density at radius 3 is 2.84 bits per heavy atom. The Labute approximate surface area is 114 Å². The van der Waals surface area contributed by atoms with E-state index < -0.39 is 6.10 Å². The Kier molecular flexibility index (Phi) is 3.48. The van der Waals surface area contributed by atoms with Crippen molar-refractivity contribution in [2.24, 2.45) is 0 Å². The number of aromatic amines is 1. The molecule has 0 saturated heterocycles. The van der Waals surface area contributed by atoms with E-state index in [1.807, 2.05) is 30.3 Å². The van der Waals surface area contributed by atoms with E-state index in [0.29, 0.717) is 5.75 Å². The molecule has 1 atom stereocenters. The molecule has 0 radical (unpaired) electrons. The molecule has 1 heterocycles. The summed E-state index contributed by atoms with van der Waals surface area (Å²) in [5.41, 5.74) is 0.953. The monoisotopic (exact) mass is 271 g/mol. The summed E-state index contributed by atoms with van der Waals surface area (Å²) in [6.07, 6.45) is 1.13. The summed E-state index contributed by atoms with van der Waals surface area (Å²) < 4.78 is 0. The van der Waals surface area contributed by atoms with Gasteiger partial charge < -0.3 is 5.11 Å². The van der Waals surface area contributed by atoms with E-state index in [0.717, 1.165) is 21.4 Å². The van der Waals surface area contributed by atoms with Gasteiger partial charge in [0.15, 0.2) is 0 Å². The van der Waals surface area contributed by atoms with Crippen molar-refractivity contribution in [2.75, 3.05) is 5.75 Å². The molecule has 2 aromatic carbocycles. The highest BCUT2D eigenvalue weighted by Crippen LogP contribution is 2.28. The van der Waals surface area contributed by atoms with E-state index >= 15 is 0 Å². The first-order valence-electron chi connectivity index (χ1n) is 5.99. The average Bonchev–Trinajstić information content (AvgIpc) is 2.97. The van der Waals surface area contributed by atoms with Gasteiger partial charge in [-0.25, -0.2) is 0 Å². The molecular weight excluding hydrogens is 258 g/mol. The highest BCUT2D eigenvalue weighted by molar-refractivity contribution is 7.99. The van der Waals surface area contributed by atoms with E-state index in [-0.39, 0.29) is 0 Å². The molecule has 0 amide bonds. The minimum absolute atomic E-state index is 0.521. The lowest BCUT2D eigenvalue weighted by Crippen LogP contribution is -2.01. The van der Waals surface area contributed by atoms with Crippen LogP contribution in [-0.2, 0) is 0 Å². The number of hydrogen-bond acceptors (Lipinski definition) is 4. The number of aliphatic hydroxyl groups is 1. The van der Waals surface area contributed by atoms with Crippen LogP contribution in [0.1, 0.15) is 11.7 Å². The van der Waals surface area contributed by atoms with Gasteiger partial charge in [-0.05, 0) is 16.3 Å². The van der Waals surface area contributed by atoms with Crippen LogP contribution in [0.15, 0.2) is 53.7 Å². The molecule has 19 heavy (non-hydrogen) atoms. The second kappa shape index (κ2) is 5.42. The summed E-state index contributed by atoms with van der Waals surface area (Å²) in [4.78, 5) is 0. The highest BCUT2D eigenvalue weighted by Gasteiger charge is 2.12. The van der Waals surface area contributed by atoms with Crippen molar-refractivity contribution >= 4 is 22.5 Å². The van der Waals surface area contributed by atoms with Crippen molar-refractivity contribution in [1.29, 1.82) is 0 Å². The molecular formula is C14H13N3OS. The molecule has 2 N–H and O–H groups in total. The first-order valence-corrected chi connectivity index (χ1v) is 6.97. The number of hydrogen-bond donors (Lipinski definition) is 2. The second-order valence-electron chi connectivity index (χ2n) is 4.20.